The third-order valence-electron chi connectivity index (χ3n) is 5.44. The smallest absolute Gasteiger partial charge is 0.264 e. The molecule has 0 amide bonds. The minimum Gasteiger partial charge on any atom is -0.468 e. The third kappa shape index (κ3) is 4.38. The summed E-state index contributed by atoms with van der Waals surface area (Å²) in [5, 5.41) is 0. The van der Waals surface area contributed by atoms with Crippen LogP contribution in [0, 0.1) is 6.92 Å². The second-order valence-corrected chi connectivity index (χ2v) is 9.35. The molecule has 0 atom stereocenters. The molecule has 29 heavy (non-hydrogen) atoms. The summed E-state index contributed by atoms with van der Waals surface area (Å²) in [4.78, 5) is 2.65. The van der Waals surface area contributed by atoms with Gasteiger partial charge in [-0.3, -0.25) is 9.21 Å². The van der Waals surface area contributed by atoms with Crippen molar-refractivity contribution in [3.05, 3.63) is 84.3 Å². The molecule has 1 aromatic heterocycles. The number of sulfonamides is 1. The van der Waals surface area contributed by atoms with Crippen molar-refractivity contribution < 1.29 is 12.8 Å². The summed E-state index contributed by atoms with van der Waals surface area (Å²) in [5.41, 5.74) is 1.76. The average Bonchev–Trinajstić information content (AvgIpc) is 3.24. The molecule has 4 rings (SSSR count). The highest BCUT2D eigenvalue weighted by atomic mass is 32.2. The van der Waals surface area contributed by atoms with E-state index >= 15 is 0 Å². The molecule has 2 aromatic carbocycles. The molecule has 2 heterocycles. The summed E-state index contributed by atoms with van der Waals surface area (Å²) in [6.07, 6.45) is 3.24. The van der Waals surface area contributed by atoms with Crippen molar-refractivity contribution in [2.75, 3.05) is 17.4 Å². The fourth-order valence-electron chi connectivity index (χ4n) is 3.88. The van der Waals surface area contributed by atoms with Gasteiger partial charge in [-0.05, 0) is 56.2 Å². The van der Waals surface area contributed by atoms with Crippen LogP contribution in [0.5, 0.6) is 0 Å². The number of furan rings is 1. The molecule has 0 unspecified atom stereocenters. The number of anilines is 1. The molecule has 6 heteroatoms. The van der Waals surface area contributed by atoms with Gasteiger partial charge in [0.05, 0.1) is 23.4 Å². The van der Waals surface area contributed by atoms with E-state index in [1.165, 1.54) is 0 Å². The van der Waals surface area contributed by atoms with Crippen LogP contribution >= 0.6 is 0 Å². The molecule has 3 aromatic rings. The summed E-state index contributed by atoms with van der Waals surface area (Å²) in [6, 6.07) is 20.3. The molecule has 5 nitrogen and oxygen atoms in total. The Labute approximate surface area is 172 Å². The van der Waals surface area contributed by atoms with Gasteiger partial charge in [-0.1, -0.05) is 35.9 Å². The van der Waals surface area contributed by atoms with E-state index in [0.717, 1.165) is 49.5 Å². The minimum atomic E-state index is -3.64. The number of para-hydroxylation sites is 1. The van der Waals surface area contributed by atoms with Crippen LogP contribution in [0.2, 0.25) is 0 Å². The molecule has 0 bridgehead atoms. The Bertz CT molecular complexity index is 1010. The predicted molar refractivity (Wildman–Crippen MR) is 114 cm³/mol. The standard InChI is InChI=1S/C23H26N2O3S/c1-19-9-11-23(12-10-19)29(26,27)25(20-6-3-2-4-7-20)21-13-15-24(16-14-21)18-22-8-5-17-28-22/h2-12,17,21H,13-16,18H2,1H3. The predicted octanol–water partition coefficient (Wildman–Crippen LogP) is 4.45. The van der Waals surface area contributed by atoms with Gasteiger partial charge >= 0.3 is 0 Å². The monoisotopic (exact) mass is 410 g/mol. The summed E-state index contributed by atoms with van der Waals surface area (Å²) >= 11 is 0. The van der Waals surface area contributed by atoms with E-state index in [0.29, 0.717) is 4.90 Å². The first kappa shape index (κ1) is 19.7. The number of aryl methyl sites for hydroxylation is 1. The zero-order valence-electron chi connectivity index (χ0n) is 16.6. The minimum absolute atomic E-state index is 0.0726. The Morgan fingerprint density at radius 3 is 2.28 bits per heavy atom. The lowest BCUT2D eigenvalue weighted by molar-refractivity contribution is 0.193. The van der Waals surface area contributed by atoms with Crippen LogP contribution in [0.15, 0.2) is 82.3 Å². The number of hydrogen-bond donors (Lipinski definition) is 0. The lowest BCUT2D eigenvalue weighted by Gasteiger charge is -2.38. The van der Waals surface area contributed by atoms with Crippen LogP contribution < -0.4 is 4.31 Å². The van der Waals surface area contributed by atoms with Gasteiger partial charge in [0.15, 0.2) is 0 Å². The Balaban J connectivity index is 1.58. The lowest BCUT2D eigenvalue weighted by atomic mass is 10.0. The van der Waals surface area contributed by atoms with Gasteiger partial charge in [0, 0.05) is 19.1 Å². The first-order chi connectivity index (χ1) is 14.0. The first-order valence-corrected chi connectivity index (χ1v) is 11.4. The van der Waals surface area contributed by atoms with Gasteiger partial charge in [0.2, 0.25) is 0 Å². The second-order valence-electron chi connectivity index (χ2n) is 7.54. The maximum atomic E-state index is 13.6. The van der Waals surface area contributed by atoms with Gasteiger partial charge in [-0.2, -0.15) is 0 Å². The molecule has 152 valence electrons. The molecule has 1 aliphatic heterocycles. The number of likely N-dealkylation sites (tertiary alicyclic amines) is 1. The summed E-state index contributed by atoms with van der Waals surface area (Å²) in [7, 11) is -3.64. The van der Waals surface area contributed by atoms with Crippen molar-refractivity contribution >= 4 is 15.7 Å². The van der Waals surface area contributed by atoms with Crippen molar-refractivity contribution in [1.82, 2.24) is 4.90 Å². The topological polar surface area (TPSA) is 53.8 Å². The first-order valence-electron chi connectivity index (χ1n) is 9.95. The van der Waals surface area contributed by atoms with Crippen molar-refractivity contribution in [2.45, 2.75) is 37.2 Å². The van der Waals surface area contributed by atoms with Crippen LogP contribution in [0.3, 0.4) is 0 Å². The van der Waals surface area contributed by atoms with Crippen molar-refractivity contribution in [2.24, 2.45) is 0 Å². The Morgan fingerprint density at radius 2 is 1.66 bits per heavy atom. The highest BCUT2D eigenvalue weighted by Gasteiger charge is 2.34. The summed E-state index contributed by atoms with van der Waals surface area (Å²) in [5.74, 6) is 0.940. The molecular formula is C23H26N2O3S. The SMILES string of the molecule is Cc1ccc(S(=O)(=O)N(c2ccccc2)C2CCN(Cc3ccco3)CC2)cc1. The van der Waals surface area contributed by atoms with E-state index in [2.05, 4.69) is 4.90 Å². The van der Waals surface area contributed by atoms with Crippen LogP contribution in [-0.2, 0) is 16.6 Å². The van der Waals surface area contributed by atoms with E-state index < -0.39 is 10.0 Å². The van der Waals surface area contributed by atoms with Gasteiger partial charge in [-0.15, -0.1) is 0 Å². The van der Waals surface area contributed by atoms with E-state index in [1.807, 2.05) is 61.5 Å². The number of nitrogens with zero attached hydrogens (tertiary/aromatic N) is 2. The molecule has 1 saturated heterocycles. The Hall–Kier alpha value is -2.57. The summed E-state index contributed by atoms with van der Waals surface area (Å²) < 4.78 is 34.2. The van der Waals surface area contributed by atoms with Crippen LogP contribution in [-0.4, -0.2) is 32.4 Å². The highest BCUT2D eigenvalue weighted by Crippen LogP contribution is 2.30. The zero-order chi connectivity index (χ0) is 20.3. The van der Waals surface area contributed by atoms with E-state index in [1.54, 1.807) is 22.7 Å². The van der Waals surface area contributed by atoms with Crippen molar-refractivity contribution in [3.8, 4) is 0 Å². The molecule has 1 aliphatic rings. The molecule has 1 fully saturated rings. The quantitative estimate of drug-likeness (QED) is 0.603. The van der Waals surface area contributed by atoms with Crippen LogP contribution in [0.4, 0.5) is 5.69 Å². The Kier molecular flexibility index (Phi) is 5.74. The van der Waals surface area contributed by atoms with Crippen molar-refractivity contribution in [1.29, 1.82) is 0 Å². The van der Waals surface area contributed by atoms with Crippen LogP contribution in [0.25, 0.3) is 0 Å². The number of piperidine rings is 1. The maximum absolute atomic E-state index is 13.6. The second kappa shape index (κ2) is 8.43. The van der Waals surface area contributed by atoms with E-state index in [4.69, 9.17) is 4.42 Å². The highest BCUT2D eigenvalue weighted by molar-refractivity contribution is 7.92. The molecule has 0 radical (unpaired) electrons. The number of benzene rings is 2. The third-order valence-corrected chi connectivity index (χ3v) is 7.33. The van der Waals surface area contributed by atoms with E-state index in [9.17, 15) is 8.42 Å². The summed E-state index contributed by atoms with van der Waals surface area (Å²) in [6.45, 7) is 4.38. The van der Waals surface area contributed by atoms with Crippen molar-refractivity contribution in [3.63, 3.8) is 0 Å². The largest absolute Gasteiger partial charge is 0.468 e. The number of hydrogen-bond acceptors (Lipinski definition) is 4. The lowest BCUT2D eigenvalue weighted by Crippen LogP contribution is -2.47. The van der Waals surface area contributed by atoms with E-state index in [-0.39, 0.29) is 6.04 Å². The van der Waals surface area contributed by atoms with Crippen LogP contribution in [0.1, 0.15) is 24.2 Å². The van der Waals surface area contributed by atoms with Gasteiger partial charge in [0.1, 0.15) is 5.76 Å². The molecule has 0 N–H and O–H groups in total. The normalized spacial score (nSPS) is 16.0. The fraction of sp³-hybridized carbons (Fsp3) is 0.304. The molecule has 0 spiro atoms. The maximum Gasteiger partial charge on any atom is 0.264 e. The average molecular weight is 411 g/mol. The molecule has 0 saturated carbocycles. The Morgan fingerprint density at radius 1 is 0.966 bits per heavy atom. The molecular weight excluding hydrogens is 384 g/mol. The van der Waals surface area contributed by atoms with Gasteiger partial charge in [0.25, 0.3) is 10.0 Å². The fourth-order valence-corrected chi connectivity index (χ4v) is 5.59. The van der Waals surface area contributed by atoms with Gasteiger partial charge in [-0.25, -0.2) is 8.42 Å². The molecule has 0 aliphatic carbocycles. The number of rotatable bonds is 6. The van der Waals surface area contributed by atoms with Gasteiger partial charge < -0.3 is 4.42 Å². The zero-order valence-corrected chi connectivity index (χ0v) is 17.4.